The molecule has 0 saturated carbocycles. The van der Waals surface area contributed by atoms with Crippen molar-refractivity contribution in [2.75, 3.05) is 29.7 Å². The van der Waals surface area contributed by atoms with Gasteiger partial charge in [-0.3, -0.25) is 10.1 Å². The molecule has 0 spiro atoms. The Balaban J connectivity index is 2.98. The first-order valence-corrected chi connectivity index (χ1v) is 7.35. The van der Waals surface area contributed by atoms with Gasteiger partial charge in [0.15, 0.2) is 0 Å². The Morgan fingerprint density at radius 3 is 2.58 bits per heavy atom. The molecule has 19 heavy (non-hydrogen) atoms. The Labute approximate surface area is 110 Å². The lowest BCUT2D eigenvalue weighted by molar-refractivity contribution is -0.384. The van der Waals surface area contributed by atoms with Gasteiger partial charge in [-0.15, -0.1) is 0 Å². The van der Waals surface area contributed by atoms with Crippen molar-refractivity contribution in [3.8, 4) is 0 Å². The van der Waals surface area contributed by atoms with E-state index in [-0.39, 0.29) is 29.2 Å². The molecule has 1 unspecified atom stereocenters. The molecule has 106 valence electrons. The van der Waals surface area contributed by atoms with E-state index in [0.717, 1.165) is 12.5 Å². The second kappa shape index (κ2) is 5.34. The molecule has 0 radical (unpaired) electrons. The van der Waals surface area contributed by atoms with Crippen molar-refractivity contribution in [2.24, 2.45) is 0 Å². The van der Waals surface area contributed by atoms with Gasteiger partial charge in [0.2, 0.25) is 11.8 Å². The molecule has 0 aliphatic rings. The Morgan fingerprint density at radius 1 is 1.58 bits per heavy atom. The van der Waals surface area contributed by atoms with Crippen molar-refractivity contribution in [3.05, 3.63) is 16.3 Å². The molecule has 0 bridgehead atoms. The van der Waals surface area contributed by atoms with Crippen LogP contribution in [0.3, 0.4) is 0 Å². The summed E-state index contributed by atoms with van der Waals surface area (Å²) < 4.78 is 22.4. The van der Waals surface area contributed by atoms with E-state index >= 15 is 0 Å². The SMILES string of the molecule is CC(CS(C)(=O)=O)N(C)c1ncc([N+](=O)[O-])c(N)n1. The maximum atomic E-state index is 11.2. The van der Waals surface area contributed by atoms with Crippen molar-refractivity contribution >= 4 is 27.3 Å². The normalized spacial score (nSPS) is 13.0. The minimum absolute atomic E-state index is 0.0796. The average Bonchev–Trinajstić information content (AvgIpc) is 2.24. The maximum absolute atomic E-state index is 11.2. The van der Waals surface area contributed by atoms with Crippen LogP contribution in [0.1, 0.15) is 6.92 Å². The van der Waals surface area contributed by atoms with Gasteiger partial charge < -0.3 is 10.6 Å². The Bertz CT molecular complexity index is 588. The van der Waals surface area contributed by atoms with Crippen molar-refractivity contribution in [2.45, 2.75) is 13.0 Å². The summed E-state index contributed by atoms with van der Waals surface area (Å²) in [7, 11) is -1.55. The standard InChI is InChI=1S/C9H15N5O4S/c1-6(5-19(3,17)18)13(2)9-11-4-7(14(15)16)8(10)12-9/h4,6H,5H2,1-3H3,(H2,10,11,12). The second-order valence-corrected chi connectivity index (χ2v) is 6.43. The van der Waals surface area contributed by atoms with Gasteiger partial charge in [-0.2, -0.15) is 4.98 Å². The first kappa shape index (κ1) is 15.1. The van der Waals surface area contributed by atoms with E-state index in [1.54, 1.807) is 14.0 Å². The van der Waals surface area contributed by atoms with Gasteiger partial charge in [-0.05, 0) is 6.92 Å². The predicted molar refractivity (Wildman–Crippen MR) is 70.7 cm³/mol. The summed E-state index contributed by atoms with van der Waals surface area (Å²) in [4.78, 5) is 19.0. The molecule has 0 aromatic carbocycles. The fourth-order valence-corrected chi connectivity index (χ4v) is 2.54. The van der Waals surface area contributed by atoms with Gasteiger partial charge >= 0.3 is 5.69 Å². The van der Waals surface area contributed by atoms with Gasteiger partial charge in [-0.1, -0.05) is 0 Å². The maximum Gasteiger partial charge on any atom is 0.329 e. The Hall–Kier alpha value is -1.97. The number of sulfone groups is 1. The number of aromatic nitrogens is 2. The van der Waals surface area contributed by atoms with Crippen LogP contribution in [0.2, 0.25) is 0 Å². The van der Waals surface area contributed by atoms with Crippen LogP contribution in [0.15, 0.2) is 6.20 Å². The molecule has 0 aliphatic heterocycles. The molecule has 9 nitrogen and oxygen atoms in total. The molecule has 0 aliphatic carbocycles. The summed E-state index contributed by atoms with van der Waals surface area (Å²) in [5.41, 5.74) is 5.07. The van der Waals surface area contributed by atoms with E-state index in [0.29, 0.717) is 0 Å². The summed E-state index contributed by atoms with van der Waals surface area (Å²) in [5, 5.41) is 10.6. The van der Waals surface area contributed by atoms with Crippen molar-refractivity contribution in [1.82, 2.24) is 9.97 Å². The van der Waals surface area contributed by atoms with Crippen LogP contribution in [0.25, 0.3) is 0 Å². The highest BCUT2D eigenvalue weighted by molar-refractivity contribution is 7.90. The largest absolute Gasteiger partial charge is 0.378 e. The van der Waals surface area contributed by atoms with Gasteiger partial charge in [-0.25, -0.2) is 13.4 Å². The number of nitrogens with zero attached hydrogens (tertiary/aromatic N) is 4. The van der Waals surface area contributed by atoms with Gasteiger partial charge in [0.25, 0.3) is 0 Å². The monoisotopic (exact) mass is 289 g/mol. The van der Waals surface area contributed by atoms with Crippen LogP contribution in [-0.2, 0) is 9.84 Å². The number of anilines is 2. The molecule has 0 fully saturated rings. The molecule has 1 heterocycles. The van der Waals surface area contributed by atoms with Crippen molar-refractivity contribution in [1.29, 1.82) is 0 Å². The summed E-state index contributed by atoms with van der Waals surface area (Å²) in [6.07, 6.45) is 2.13. The van der Waals surface area contributed by atoms with E-state index in [4.69, 9.17) is 5.73 Å². The number of nitro groups is 1. The number of hydrogen-bond donors (Lipinski definition) is 1. The van der Waals surface area contributed by atoms with Crippen molar-refractivity contribution in [3.63, 3.8) is 0 Å². The van der Waals surface area contributed by atoms with E-state index in [2.05, 4.69) is 9.97 Å². The summed E-state index contributed by atoms with van der Waals surface area (Å²) >= 11 is 0. The van der Waals surface area contributed by atoms with Crippen LogP contribution in [0, 0.1) is 10.1 Å². The van der Waals surface area contributed by atoms with Crippen molar-refractivity contribution < 1.29 is 13.3 Å². The first-order chi connectivity index (χ1) is 8.61. The van der Waals surface area contributed by atoms with Gasteiger partial charge in [0.1, 0.15) is 16.0 Å². The topological polar surface area (TPSA) is 132 Å². The second-order valence-electron chi connectivity index (χ2n) is 4.25. The highest BCUT2D eigenvalue weighted by atomic mass is 32.2. The van der Waals surface area contributed by atoms with E-state index in [9.17, 15) is 18.5 Å². The molecule has 2 N–H and O–H groups in total. The van der Waals surface area contributed by atoms with Crippen LogP contribution in [0.4, 0.5) is 17.5 Å². The Morgan fingerprint density at radius 2 is 2.16 bits per heavy atom. The molecule has 1 aromatic heterocycles. The first-order valence-electron chi connectivity index (χ1n) is 5.29. The molecular weight excluding hydrogens is 274 g/mol. The molecule has 0 saturated heterocycles. The molecule has 1 aromatic rings. The summed E-state index contributed by atoms with van der Waals surface area (Å²) in [6, 6.07) is -0.379. The smallest absolute Gasteiger partial charge is 0.329 e. The van der Waals surface area contributed by atoms with Crippen LogP contribution in [-0.4, -0.2) is 48.4 Å². The highest BCUT2D eigenvalue weighted by Gasteiger charge is 2.20. The third-order valence-corrected chi connectivity index (χ3v) is 3.59. The third-order valence-electron chi connectivity index (χ3n) is 2.50. The van der Waals surface area contributed by atoms with Crippen LogP contribution < -0.4 is 10.6 Å². The van der Waals surface area contributed by atoms with Gasteiger partial charge in [0, 0.05) is 19.3 Å². The Kier molecular flexibility index (Phi) is 4.24. The fraction of sp³-hybridized carbons (Fsp3) is 0.556. The zero-order chi connectivity index (χ0) is 14.8. The zero-order valence-corrected chi connectivity index (χ0v) is 11.6. The molecule has 0 amide bonds. The zero-order valence-electron chi connectivity index (χ0n) is 10.8. The fourth-order valence-electron chi connectivity index (χ4n) is 1.44. The molecule has 1 atom stereocenters. The average molecular weight is 289 g/mol. The lowest BCUT2D eigenvalue weighted by Gasteiger charge is -2.24. The summed E-state index contributed by atoms with van der Waals surface area (Å²) in [6.45, 7) is 1.68. The summed E-state index contributed by atoms with van der Waals surface area (Å²) in [5.74, 6) is -0.198. The number of hydrogen-bond acceptors (Lipinski definition) is 8. The third kappa shape index (κ3) is 4.02. The molecule has 1 rings (SSSR count). The minimum Gasteiger partial charge on any atom is -0.378 e. The molecular formula is C9H15N5O4S. The van der Waals surface area contributed by atoms with E-state index in [1.165, 1.54) is 4.90 Å². The van der Waals surface area contributed by atoms with E-state index < -0.39 is 14.8 Å². The lowest BCUT2D eigenvalue weighted by Crippen LogP contribution is -2.36. The number of rotatable bonds is 5. The van der Waals surface area contributed by atoms with Crippen LogP contribution in [0.5, 0.6) is 0 Å². The number of nitrogen functional groups attached to an aromatic ring is 1. The highest BCUT2D eigenvalue weighted by Crippen LogP contribution is 2.20. The minimum atomic E-state index is -3.14. The number of nitrogens with two attached hydrogens (primary N) is 1. The predicted octanol–water partition coefficient (Wildman–Crippen LogP) is -0.164. The van der Waals surface area contributed by atoms with E-state index in [1.807, 2.05) is 0 Å². The lowest BCUT2D eigenvalue weighted by atomic mass is 10.3. The molecule has 10 heteroatoms. The van der Waals surface area contributed by atoms with Gasteiger partial charge in [0.05, 0.1) is 10.7 Å². The quantitative estimate of drug-likeness (QED) is 0.583. The van der Waals surface area contributed by atoms with Crippen LogP contribution >= 0.6 is 0 Å².